The van der Waals surface area contributed by atoms with Gasteiger partial charge in [-0.2, -0.15) is 13.2 Å². The lowest BCUT2D eigenvalue weighted by atomic mass is 9.81. The molecule has 3 rings (SSSR count). The van der Waals surface area contributed by atoms with E-state index in [-0.39, 0.29) is 0 Å². The summed E-state index contributed by atoms with van der Waals surface area (Å²) in [5.74, 6) is 0.270. The van der Waals surface area contributed by atoms with Crippen molar-refractivity contribution in [1.82, 2.24) is 0 Å². The molecule has 1 unspecified atom stereocenters. The Morgan fingerprint density at radius 2 is 1.42 bits per heavy atom. The maximum Gasteiger partial charge on any atom is 0.416 e. The fraction of sp³-hybridized carbons (Fsp3) is 0.500. The summed E-state index contributed by atoms with van der Waals surface area (Å²) in [6, 6.07) is 8.54. The van der Waals surface area contributed by atoms with Crippen molar-refractivity contribution < 1.29 is 36.9 Å². The highest BCUT2D eigenvalue weighted by Gasteiger charge is 2.42. The smallest absolute Gasteiger partial charge is 0.416 e. The van der Waals surface area contributed by atoms with Crippen LogP contribution >= 0.6 is 0 Å². The first kappa shape index (κ1) is 25.1. The Bertz CT molecular complexity index is 917. The van der Waals surface area contributed by atoms with E-state index in [4.69, 9.17) is 29.4 Å². The number of nitrogens with two attached hydrogens (primary N) is 1. The van der Waals surface area contributed by atoms with Crippen LogP contribution in [0.5, 0.6) is 17.2 Å². The average Bonchev–Trinajstić information content (AvgIpc) is 3.31. The monoisotopic (exact) mass is 469 g/mol. The summed E-state index contributed by atoms with van der Waals surface area (Å²) in [6.07, 6.45) is -3.10. The van der Waals surface area contributed by atoms with Gasteiger partial charge in [-0.3, -0.25) is 0 Å². The van der Waals surface area contributed by atoms with Crippen LogP contribution in [0.3, 0.4) is 0 Å². The zero-order chi connectivity index (χ0) is 24.3. The predicted octanol–water partition coefficient (Wildman–Crippen LogP) is 4.98. The van der Waals surface area contributed by atoms with Crippen molar-refractivity contribution in [3.05, 3.63) is 53.1 Å². The molecular weight excluding hydrogens is 439 g/mol. The van der Waals surface area contributed by atoms with Crippen molar-refractivity contribution in [2.75, 3.05) is 34.5 Å². The van der Waals surface area contributed by atoms with E-state index in [2.05, 4.69) is 0 Å². The van der Waals surface area contributed by atoms with Gasteiger partial charge in [0.25, 0.3) is 0 Å². The summed E-state index contributed by atoms with van der Waals surface area (Å²) in [5, 5.41) is 0. The summed E-state index contributed by atoms with van der Waals surface area (Å²) < 4.78 is 67.4. The Hall–Kier alpha value is -2.49. The zero-order valence-corrected chi connectivity index (χ0v) is 19.3. The molecule has 0 saturated carbocycles. The molecule has 0 aromatic heterocycles. The number of methoxy groups -OCH3 is 3. The third-order valence-electron chi connectivity index (χ3n) is 6.18. The average molecular weight is 470 g/mol. The van der Waals surface area contributed by atoms with E-state index in [0.29, 0.717) is 60.9 Å². The normalized spacial score (nSPS) is 17.5. The molecule has 1 fully saturated rings. The van der Waals surface area contributed by atoms with Crippen molar-refractivity contribution in [1.29, 1.82) is 0 Å². The zero-order valence-electron chi connectivity index (χ0n) is 19.3. The Labute approximate surface area is 191 Å². The second-order valence-electron chi connectivity index (χ2n) is 7.95. The second kappa shape index (κ2) is 9.79. The number of halogens is 3. The minimum Gasteiger partial charge on any atom is -0.493 e. The van der Waals surface area contributed by atoms with Crippen LogP contribution < -0.4 is 19.9 Å². The molecule has 182 valence electrons. The van der Waals surface area contributed by atoms with E-state index in [1.165, 1.54) is 33.5 Å². The van der Waals surface area contributed by atoms with Gasteiger partial charge in [-0.1, -0.05) is 19.1 Å². The lowest BCUT2D eigenvalue weighted by molar-refractivity contribution is -0.174. The molecular formula is C24H30F3NO5. The molecule has 1 atom stereocenters. The van der Waals surface area contributed by atoms with E-state index in [9.17, 15) is 13.2 Å². The molecule has 0 radical (unpaired) electrons. The van der Waals surface area contributed by atoms with Gasteiger partial charge in [0, 0.05) is 17.5 Å². The van der Waals surface area contributed by atoms with Gasteiger partial charge in [0.15, 0.2) is 17.3 Å². The highest BCUT2D eigenvalue weighted by molar-refractivity contribution is 5.54. The van der Waals surface area contributed by atoms with Gasteiger partial charge < -0.3 is 29.4 Å². The highest BCUT2D eigenvalue weighted by atomic mass is 19.4. The van der Waals surface area contributed by atoms with Crippen LogP contribution in [0.25, 0.3) is 0 Å². The Kier molecular flexibility index (Phi) is 7.45. The number of benzene rings is 2. The molecule has 0 spiro atoms. The molecule has 2 aromatic carbocycles. The topological polar surface area (TPSA) is 72.2 Å². The first-order valence-electron chi connectivity index (χ1n) is 10.7. The summed E-state index contributed by atoms with van der Waals surface area (Å²) in [6.45, 7) is 2.68. The van der Waals surface area contributed by atoms with Crippen LogP contribution in [0.1, 0.15) is 42.9 Å². The van der Waals surface area contributed by atoms with Crippen LogP contribution in [0.15, 0.2) is 36.4 Å². The van der Waals surface area contributed by atoms with E-state index >= 15 is 0 Å². The van der Waals surface area contributed by atoms with E-state index in [1.807, 2.05) is 6.92 Å². The van der Waals surface area contributed by atoms with Crippen molar-refractivity contribution >= 4 is 0 Å². The van der Waals surface area contributed by atoms with E-state index in [0.717, 1.165) is 12.1 Å². The van der Waals surface area contributed by atoms with Gasteiger partial charge in [-0.15, -0.1) is 0 Å². The Morgan fingerprint density at radius 3 is 1.85 bits per heavy atom. The van der Waals surface area contributed by atoms with Gasteiger partial charge in [0.2, 0.25) is 5.75 Å². The lowest BCUT2D eigenvalue weighted by Crippen LogP contribution is -2.39. The molecule has 1 aliphatic rings. The number of hydrogen-bond donors (Lipinski definition) is 1. The third-order valence-corrected chi connectivity index (χ3v) is 6.18. The number of rotatable bonds is 9. The summed E-state index contributed by atoms with van der Waals surface area (Å²) in [7, 11) is 4.57. The summed E-state index contributed by atoms with van der Waals surface area (Å²) in [4.78, 5) is 0. The van der Waals surface area contributed by atoms with Crippen LogP contribution in [0.2, 0.25) is 0 Å². The Morgan fingerprint density at radius 1 is 0.909 bits per heavy atom. The van der Waals surface area contributed by atoms with Crippen LogP contribution in [0.4, 0.5) is 13.2 Å². The number of ether oxygens (including phenoxy) is 5. The first-order valence-corrected chi connectivity index (χ1v) is 10.7. The molecule has 2 N–H and O–H groups in total. The minimum absolute atomic E-state index is 0.372. The predicted molar refractivity (Wildman–Crippen MR) is 117 cm³/mol. The molecule has 33 heavy (non-hydrogen) atoms. The maximum atomic E-state index is 13.0. The molecule has 2 aromatic rings. The van der Waals surface area contributed by atoms with Crippen molar-refractivity contribution in [3.63, 3.8) is 0 Å². The number of hydrogen-bond acceptors (Lipinski definition) is 6. The van der Waals surface area contributed by atoms with Gasteiger partial charge in [0.1, 0.15) is 0 Å². The van der Waals surface area contributed by atoms with Gasteiger partial charge >= 0.3 is 6.18 Å². The lowest BCUT2D eigenvalue weighted by Gasteiger charge is -2.35. The molecule has 0 aliphatic carbocycles. The van der Waals surface area contributed by atoms with E-state index < -0.39 is 23.1 Å². The van der Waals surface area contributed by atoms with E-state index in [1.54, 1.807) is 12.1 Å². The van der Waals surface area contributed by atoms with Gasteiger partial charge in [-0.05, 0) is 42.7 Å². The quantitative estimate of drug-likeness (QED) is 0.559. The largest absolute Gasteiger partial charge is 0.493 e. The van der Waals surface area contributed by atoms with Crippen LogP contribution in [-0.2, 0) is 27.0 Å². The molecule has 6 nitrogen and oxygen atoms in total. The van der Waals surface area contributed by atoms with Crippen molar-refractivity contribution in [2.45, 2.75) is 43.7 Å². The fourth-order valence-corrected chi connectivity index (χ4v) is 4.12. The van der Waals surface area contributed by atoms with Crippen molar-refractivity contribution in [3.8, 4) is 17.2 Å². The molecule has 1 saturated heterocycles. The van der Waals surface area contributed by atoms with Crippen LogP contribution in [-0.4, -0.2) is 34.5 Å². The van der Waals surface area contributed by atoms with Crippen LogP contribution in [0, 0.1) is 0 Å². The summed E-state index contributed by atoms with van der Waals surface area (Å²) >= 11 is 0. The highest BCUT2D eigenvalue weighted by Crippen LogP contribution is 2.46. The minimum atomic E-state index is -4.40. The second-order valence-corrected chi connectivity index (χ2v) is 7.95. The molecule has 1 heterocycles. The molecule has 1 aliphatic heterocycles. The molecule has 0 amide bonds. The summed E-state index contributed by atoms with van der Waals surface area (Å²) in [5.41, 5.74) is 6.42. The number of alkyl halides is 3. The van der Waals surface area contributed by atoms with Gasteiger partial charge in [0.05, 0.1) is 40.1 Å². The SMILES string of the molecule is CCC(N)(CCC1(c2cc(OC)c(OC)c(OC)c2)OCCO1)c1ccc(C(F)(F)F)cc1. The van der Waals surface area contributed by atoms with Crippen molar-refractivity contribution in [2.24, 2.45) is 5.73 Å². The standard InChI is InChI=1S/C24H30F3NO5/c1-5-22(28,16-6-8-17(9-7-16)24(25,26)27)10-11-23(32-12-13-33-23)18-14-19(29-2)21(31-4)20(15-18)30-3/h6-9,14-15H,5,10-13,28H2,1-4H3. The Balaban J connectivity index is 1.92. The molecule has 0 bridgehead atoms. The molecule has 9 heteroatoms. The first-order chi connectivity index (χ1) is 15.6. The maximum absolute atomic E-state index is 13.0. The third kappa shape index (κ3) is 5.05. The van der Waals surface area contributed by atoms with Gasteiger partial charge in [-0.25, -0.2) is 0 Å². The fourth-order valence-electron chi connectivity index (χ4n) is 4.12.